The van der Waals surface area contributed by atoms with Crippen molar-refractivity contribution in [3.05, 3.63) is 29.1 Å². The van der Waals surface area contributed by atoms with Crippen LogP contribution in [-0.4, -0.2) is 31.8 Å². The summed E-state index contributed by atoms with van der Waals surface area (Å²) in [4.78, 5) is 23.0. The molecule has 1 rings (SSSR count). The Labute approximate surface area is 171 Å². The average molecular weight is 440 g/mol. The number of benzene rings is 1. The van der Waals surface area contributed by atoms with Crippen LogP contribution in [0.15, 0.2) is 0 Å². The molecule has 0 radical (unpaired) electrons. The van der Waals surface area contributed by atoms with E-state index in [9.17, 15) is 31.5 Å². The van der Waals surface area contributed by atoms with Crippen LogP contribution in [0, 0.1) is 29.1 Å². The summed E-state index contributed by atoms with van der Waals surface area (Å²) in [7, 11) is 0. The molecule has 0 bridgehead atoms. The molecule has 0 unspecified atom stereocenters. The first-order chi connectivity index (χ1) is 14.3. The first-order valence-electron chi connectivity index (χ1n) is 9.75. The normalized spacial score (nSPS) is 10.7. The number of unbranched alkanes of at least 4 members (excludes halogenated alkanes) is 5. The molecule has 0 spiro atoms. The molecule has 1 aromatic carbocycles. The second-order valence-corrected chi connectivity index (χ2v) is 6.46. The Balaban J connectivity index is 2.20. The van der Waals surface area contributed by atoms with Crippen molar-refractivity contribution in [1.29, 1.82) is 0 Å². The maximum atomic E-state index is 13.4. The van der Waals surface area contributed by atoms with Gasteiger partial charge in [0.25, 0.3) is 0 Å². The van der Waals surface area contributed by atoms with E-state index >= 15 is 0 Å². The van der Waals surface area contributed by atoms with Gasteiger partial charge in [0, 0.05) is 0 Å². The van der Waals surface area contributed by atoms with Crippen molar-refractivity contribution in [3.63, 3.8) is 0 Å². The van der Waals surface area contributed by atoms with Gasteiger partial charge in [-0.2, -0.15) is 8.78 Å². The zero-order chi connectivity index (χ0) is 22.5. The Morgan fingerprint density at radius 3 is 1.67 bits per heavy atom. The molecule has 30 heavy (non-hydrogen) atoms. The molecular formula is C20H25F5O5. The topological polar surface area (TPSA) is 61.8 Å². The van der Waals surface area contributed by atoms with Crippen LogP contribution in [0.4, 0.5) is 22.0 Å². The molecule has 0 aromatic heterocycles. The summed E-state index contributed by atoms with van der Waals surface area (Å²) in [6, 6.07) is 0. The second-order valence-electron chi connectivity index (χ2n) is 6.46. The summed E-state index contributed by atoms with van der Waals surface area (Å²) in [5, 5.41) is 0. The van der Waals surface area contributed by atoms with Crippen molar-refractivity contribution in [2.24, 2.45) is 0 Å². The minimum Gasteiger partial charge on any atom is -0.484 e. The molecule has 0 heterocycles. The number of carbonyl (C=O) groups excluding carboxylic acids is 2. The maximum absolute atomic E-state index is 13.4. The lowest BCUT2D eigenvalue weighted by atomic mass is 10.1. The predicted molar refractivity (Wildman–Crippen MR) is 96.3 cm³/mol. The van der Waals surface area contributed by atoms with Crippen LogP contribution < -0.4 is 4.74 Å². The van der Waals surface area contributed by atoms with Crippen LogP contribution >= 0.6 is 0 Å². The van der Waals surface area contributed by atoms with E-state index in [0.29, 0.717) is 0 Å². The van der Waals surface area contributed by atoms with Gasteiger partial charge < -0.3 is 14.2 Å². The second kappa shape index (κ2) is 13.8. The highest BCUT2D eigenvalue weighted by Gasteiger charge is 2.27. The highest BCUT2D eigenvalue weighted by molar-refractivity contribution is 5.77. The molecule has 0 atom stereocenters. The molecule has 0 aliphatic carbocycles. The third-order valence-corrected chi connectivity index (χ3v) is 4.06. The molecule has 10 heteroatoms. The van der Waals surface area contributed by atoms with E-state index in [1.807, 2.05) is 0 Å². The molecule has 0 N–H and O–H groups in total. The summed E-state index contributed by atoms with van der Waals surface area (Å²) >= 11 is 0. The van der Waals surface area contributed by atoms with Gasteiger partial charge in [-0.25, -0.2) is 13.2 Å². The van der Waals surface area contributed by atoms with E-state index in [1.54, 1.807) is 0 Å². The summed E-state index contributed by atoms with van der Waals surface area (Å²) in [5.74, 6) is -13.6. The highest BCUT2D eigenvalue weighted by atomic mass is 19.2. The molecule has 0 saturated heterocycles. The first kappa shape index (κ1) is 25.6. The minimum absolute atomic E-state index is 0.201. The fourth-order valence-corrected chi connectivity index (χ4v) is 2.43. The van der Waals surface area contributed by atoms with Crippen molar-refractivity contribution in [2.45, 2.75) is 58.3 Å². The van der Waals surface area contributed by atoms with Crippen LogP contribution in [0.2, 0.25) is 0 Å². The molecule has 0 amide bonds. The molecule has 0 fully saturated rings. The van der Waals surface area contributed by atoms with Gasteiger partial charge in [-0.3, -0.25) is 9.59 Å². The van der Waals surface area contributed by atoms with Gasteiger partial charge >= 0.3 is 11.9 Å². The Hall–Kier alpha value is -2.39. The van der Waals surface area contributed by atoms with Crippen LogP contribution in [0.25, 0.3) is 0 Å². The highest BCUT2D eigenvalue weighted by Crippen LogP contribution is 2.28. The minimum atomic E-state index is -2.30. The van der Waals surface area contributed by atoms with Crippen LogP contribution in [0.1, 0.15) is 58.3 Å². The standard InChI is InChI=1S/C20H25F5O5/c1-2-3-4-5-6-7-10-28-13(26)8-9-14(27)29-11-12-30-20-18(24)16(22)15(21)17(23)19(20)25/h2-12H2,1H3. The van der Waals surface area contributed by atoms with Gasteiger partial charge in [0.15, 0.2) is 5.75 Å². The lowest BCUT2D eigenvalue weighted by molar-refractivity contribution is -0.150. The zero-order valence-corrected chi connectivity index (χ0v) is 16.7. The number of ether oxygens (including phenoxy) is 3. The molecule has 0 aliphatic rings. The molecular weight excluding hydrogens is 415 g/mol. The van der Waals surface area contributed by atoms with Crippen LogP contribution in [-0.2, 0) is 19.1 Å². The van der Waals surface area contributed by atoms with Crippen molar-refractivity contribution >= 4 is 11.9 Å². The molecule has 5 nitrogen and oxygen atoms in total. The Morgan fingerprint density at radius 2 is 1.10 bits per heavy atom. The quantitative estimate of drug-likeness (QED) is 0.134. The molecule has 170 valence electrons. The summed E-state index contributed by atoms with van der Waals surface area (Å²) in [5.41, 5.74) is 0. The number of hydrogen-bond donors (Lipinski definition) is 0. The smallest absolute Gasteiger partial charge is 0.306 e. The van der Waals surface area contributed by atoms with Crippen molar-refractivity contribution in [2.75, 3.05) is 19.8 Å². The number of carbonyl (C=O) groups is 2. The predicted octanol–water partition coefficient (Wildman–Crippen LogP) is 4.99. The van der Waals surface area contributed by atoms with Gasteiger partial charge in [-0.15, -0.1) is 0 Å². The fraction of sp³-hybridized carbons (Fsp3) is 0.600. The summed E-state index contributed by atoms with van der Waals surface area (Å²) < 4.78 is 79.9. The van der Waals surface area contributed by atoms with Crippen molar-refractivity contribution in [1.82, 2.24) is 0 Å². The number of halogens is 5. The van der Waals surface area contributed by atoms with E-state index in [-0.39, 0.29) is 19.4 Å². The van der Waals surface area contributed by atoms with E-state index < -0.39 is 60.0 Å². The van der Waals surface area contributed by atoms with Gasteiger partial charge in [-0.05, 0) is 6.42 Å². The van der Waals surface area contributed by atoms with Crippen LogP contribution in [0.3, 0.4) is 0 Å². The first-order valence-corrected chi connectivity index (χ1v) is 9.75. The van der Waals surface area contributed by atoms with Gasteiger partial charge in [-0.1, -0.05) is 39.0 Å². The lowest BCUT2D eigenvalue weighted by Gasteiger charge is -2.10. The van der Waals surface area contributed by atoms with Crippen molar-refractivity contribution < 1.29 is 45.8 Å². The SMILES string of the molecule is CCCCCCCCOC(=O)CCC(=O)OCCOc1c(F)c(F)c(F)c(F)c1F. The van der Waals surface area contributed by atoms with E-state index in [1.165, 1.54) is 6.42 Å². The lowest BCUT2D eigenvalue weighted by Crippen LogP contribution is -2.16. The summed E-state index contributed by atoms with van der Waals surface area (Å²) in [6.45, 7) is 1.24. The fourth-order valence-electron chi connectivity index (χ4n) is 2.43. The van der Waals surface area contributed by atoms with E-state index in [0.717, 1.165) is 32.1 Å². The third-order valence-electron chi connectivity index (χ3n) is 4.06. The van der Waals surface area contributed by atoms with E-state index in [2.05, 4.69) is 16.4 Å². The molecule has 1 aromatic rings. The monoisotopic (exact) mass is 440 g/mol. The average Bonchev–Trinajstić information content (AvgIpc) is 2.73. The van der Waals surface area contributed by atoms with Gasteiger partial charge in [0.1, 0.15) is 13.2 Å². The van der Waals surface area contributed by atoms with E-state index in [4.69, 9.17) is 4.74 Å². The van der Waals surface area contributed by atoms with Gasteiger partial charge in [0.05, 0.1) is 19.4 Å². The molecule has 0 aliphatic heterocycles. The Bertz CT molecular complexity index is 682. The van der Waals surface area contributed by atoms with Crippen molar-refractivity contribution in [3.8, 4) is 5.75 Å². The molecule has 0 saturated carbocycles. The van der Waals surface area contributed by atoms with Crippen LogP contribution in [0.5, 0.6) is 5.75 Å². The Morgan fingerprint density at radius 1 is 0.633 bits per heavy atom. The largest absolute Gasteiger partial charge is 0.484 e. The summed E-state index contributed by atoms with van der Waals surface area (Å²) in [6.07, 6.45) is 5.76. The Kier molecular flexibility index (Phi) is 11.8. The maximum Gasteiger partial charge on any atom is 0.306 e. The number of hydrogen-bond acceptors (Lipinski definition) is 5. The third kappa shape index (κ3) is 8.54. The number of rotatable bonds is 14. The zero-order valence-electron chi connectivity index (χ0n) is 16.7. The van der Waals surface area contributed by atoms with Gasteiger partial charge in [0.2, 0.25) is 29.1 Å². The number of esters is 2.